The number of nitrogens with zero attached hydrogens (tertiary/aromatic N) is 1. The monoisotopic (exact) mass is 492 g/mol. The van der Waals surface area contributed by atoms with Crippen LogP contribution in [-0.4, -0.2) is 45.4 Å². The SMILES string of the molecule is COCCOc1c(Cl)cccc1NC(=O)c1cc(-c2ccc(OC)c(OC)c2)nc2ccccc12. The number of hydrogen-bond acceptors (Lipinski definition) is 6. The zero-order valence-electron chi connectivity index (χ0n) is 19.6. The first-order valence-corrected chi connectivity index (χ1v) is 11.3. The van der Waals surface area contributed by atoms with Crippen LogP contribution in [0.2, 0.25) is 5.02 Å². The van der Waals surface area contributed by atoms with Gasteiger partial charge in [-0.3, -0.25) is 4.79 Å². The van der Waals surface area contributed by atoms with Gasteiger partial charge in [0.05, 0.1) is 48.3 Å². The third kappa shape index (κ3) is 5.31. The summed E-state index contributed by atoms with van der Waals surface area (Å²) in [5.41, 5.74) is 3.02. The lowest BCUT2D eigenvalue weighted by atomic mass is 10.0. The fraction of sp³-hybridized carbons (Fsp3) is 0.185. The van der Waals surface area contributed by atoms with Crippen LogP contribution >= 0.6 is 11.6 Å². The minimum atomic E-state index is -0.316. The Bertz CT molecular complexity index is 1360. The van der Waals surface area contributed by atoms with Gasteiger partial charge in [0, 0.05) is 18.1 Å². The Balaban J connectivity index is 1.75. The maximum absolute atomic E-state index is 13.5. The second-order valence-electron chi connectivity index (χ2n) is 7.55. The summed E-state index contributed by atoms with van der Waals surface area (Å²) in [5, 5.41) is 4.06. The highest BCUT2D eigenvalue weighted by Gasteiger charge is 2.18. The predicted molar refractivity (Wildman–Crippen MR) is 137 cm³/mol. The number of halogens is 1. The lowest BCUT2D eigenvalue weighted by molar-refractivity contribution is 0.102. The van der Waals surface area contributed by atoms with Crippen LogP contribution in [0, 0.1) is 0 Å². The second kappa shape index (κ2) is 11.1. The number of para-hydroxylation sites is 2. The molecule has 1 aromatic heterocycles. The molecule has 0 saturated carbocycles. The number of amides is 1. The van der Waals surface area contributed by atoms with Crippen LogP contribution in [0.3, 0.4) is 0 Å². The molecule has 0 aliphatic rings. The minimum absolute atomic E-state index is 0.296. The summed E-state index contributed by atoms with van der Waals surface area (Å²) in [6.45, 7) is 0.688. The number of carbonyl (C=O) groups excluding carboxylic acids is 1. The average Bonchev–Trinajstić information content (AvgIpc) is 2.89. The van der Waals surface area contributed by atoms with Gasteiger partial charge in [0.15, 0.2) is 17.2 Å². The van der Waals surface area contributed by atoms with Crippen LogP contribution in [0.5, 0.6) is 17.2 Å². The number of hydrogen-bond donors (Lipinski definition) is 1. The van der Waals surface area contributed by atoms with Gasteiger partial charge in [-0.25, -0.2) is 4.98 Å². The van der Waals surface area contributed by atoms with E-state index in [9.17, 15) is 4.79 Å². The Kier molecular flexibility index (Phi) is 7.70. The van der Waals surface area contributed by atoms with E-state index in [4.69, 9.17) is 35.5 Å². The van der Waals surface area contributed by atoms with Gasteiger partial charge in [-0.15, -0.1) is 0 Å². The van der Waals surface area contributed by atoms with Crippen LogP contribution in [0.15, 0.2) is 66.7 Å². The zero-order valence-corrected chi connectivity index (χ0v) is 20.4. The number of carbonyl (C=O) groups is 1. The minimum Gasteiger partial charge on any atom is -0.493 e. The highest BCUT2D eigenvalue weighted by atomic mass is 35.5. The summed E-state index contributed by atoms with van der Waals surface area (Å²) in [7, 11) is 4.74. The molecular formula is C27H25ClN2O5. The Morgan fingerprint density at radius 2 is 1.71 bits per heavy atom. The van der Waals surface area contributed by atoms with E-state index >= 15 is 0 Å². The number of rotatable bonds is 9. The van der Waals surface area contributed by atoms with E-state index in [1.165, 1.54) is 0 Å². The lowest BCUT2D eigenvalue weighted by Crippen LogP contribution is -2.15. The van der Waals surface area contributed by atoms with Crippen molar-refractivity contribution in [1.82, 2.24) is 4.98 Å². The molecule has 1 N–H and O–H groups in total. The molecule has 4 aromatic rings. The maximum atomic E-state index is 13.5. The summed E-state index contributed by atoms with van der Waals surface area (Å²) in [5.74, 6) is 1.25. The normalized spacial score (nSPS) is 10.7. The van der Waals surface area contributed by atoms with Crippen LogP contribution in [0.1, 0.15) is 10.4 Å². The van der Waals surface area contributed by atoms with Gasteiger partial charge in [-0.2, -0.15) is 0 Å². The number of pyridine rings is 1. The second-order valence-corrected chi connectivity index (χ2v) is 7.96. The first-order valence-electron chi connectivity index (χ1n) is 10.9. The molecule has 0 saturated heterocycles. The molecule has 0 bridgehead atoms. The summed E-state index contributed by atoms with van der Waals surface area (Å²) in [6, 6.07) is 20.0. The Hall–Kier alpha value is -3.81. The molecule has 7 nitrogen and oxygen atoms in total. The lowest BCUT2D eigenvalue weighted by Gasteiger charge is -2.15. The zero-order chi connectivity index (χ0) is 24.8. The van der Waals surface area contributed by atoms with Gasteiger partial charge < -0.3 is 24.3 Å². The third-order valence-corrected chi connectivity index (χ3v) is 5.69. The number of benzene rings is 3. The van der Waals surface area contributed by atoms with Gasteiger partial charge in [0.1, 0.15) is 6.61 Å². The molecule has 0 aliphatic heterocycles. The van der Waals surface area contributed by atoms with Crippen molar-refractivity contribution in [2.24, 2.45) is 0 Å². The van der Waals surface area contributed by atoms with E-state index in [0.717, 1.165) is 10.9 Å². The molecule has 35 heavy (non-hydrogen) atoms. The van der Waals surface area contributed by atoms with Crippen LogP contribution < -0.4 is 19.5 Å². The largest absolute Gasteiger partial charge is 0.493 e. The smallest absolute Gasteiger partial charge is 0.256 e. The Morgan fingerprint density at radius 1 is 0.914 bits per heavy atom. The van der Waals surface area contributed by atoms with E-state index in [0.29, 0.717) is 57.9 Å². The van der Waals surface area contributed by atoms with Crippen molar-refractivity contribution in [3.05, 3.63) is 77.3 Å². The summed E-state index contributed by atoms with van der Waals surface area (Å²) < 4.78 is 21.6. The van der Waals surface area contributed by atoms with Crippen molar-refractivity contribution in [1.29, 1.82) is 0 Å². The number of methoxy groups -OCH3 is 3. The molecule has 0 aliphatic carbocycles. The van der Waals surface area contributed by atoms with Crippen molar-refractivity contribution < 1.29 is 23.7 Å². The van der Waals surface area contributed by atoms with E-state index in [-0.39, 0.29) is 5.91 Å². The van der Waals surface area contributed by atoms with Crippen molar-refractivity contribution in [3.8, 4) is 28.5 Å². The number of ether oxygens (including phenoxy) is 4. The van der Waals surface area contributed by atoms with Crippen LogP contribution in [0.25, 0.3) is 22.2 Å². The Labute approximate surface area is 208 Å². The molecular weight excluding hydrogens is 468 g/mol. The molecule has 180 valence electrons. The average molecular weight is 493 g/mol. The standard InChI is InChI=1S/C27H25ClN2O5/c1-32-13-14-35-26-20(28)8-6-10-22(26)30-27(31)19-16-23(29-21-9-5-4-7-18(19)21)17-11-12-24(33-2)25(15-17)34-3/h4-12,15-16H,13-14H2,1-3H3,(H,30,31). The number of fused-ring (bicyclic) bond motifs is 1. The topological polar surface area (TPSA) is 78.9 Å². The number of aromatic nitrogens is 1. The summed E-state index contributed by atoms with van der Waals surface area (Å²) >= 11 is 6.34. The quantitative estimate of drug-likeness (QED) is 0.295. The maximum Gasteiger partial charge on any atom is 0.256 e. The van der Waals surface area contributed by atoms with E-state index in [2.05, 4.69) is 5.32 Å². The fourth-order valence-electron chi connectivity index (χ4n) is 3.68. The molecule has 0 unspecified atom stereocenters. The van der Waals surface area contributed by atoms with Crippen molar-refractivity contribution in [2.75, 3.05) is 39.9 Å². The Morgan fingerprint density at radius 3 is 2.49 bits per heavy atom. The summed E-state index contributed by atoms with van der Waals surface area (Å²) in [6.07, 6.45) is 0. The van der Waals surface area contributed by atoms with Gasteiger partial charge in [-0.05, 0) is 42.5 Å². The molecule has 1 amide bonds. The molecule has 0 fully saturated rings. The summed E-state index contributed by atoms with van der Waals surface area (Å²) in [4.78, 5) is 18.3. The molecule has 4 rings (SSSR count). The highest BCUT2D eigenvalue weighted by Crippen LogP contribution is 2.35. The van der Waals surface area contributed by atoms with E-state index in [1.807, 2.05) is 36.4 Å². The fourth-order valence-corrected chi connectivity index (χ4v) is 3.91. The number of anilines is 1. The first-order chi connectivity index (χ1) is 17.0. The number of nitrogens with one attached hydrogen (secondary N) is 1. The van der Waals surface area contributed by atoms with Crippen molar-refractivity contribution in [2.45, 2.75) is 0 Å². The van der Waals surface area contributed by atoms with Crippen LogP contribution in [0.4, 0.5) is 5.69 Å². The predicted octanol–water partition coefficient (Wildman–Crippen LogP) is 5.85. The molecule has 8 heteroatoms. The highest BCUT2D eigenvalue weighted by molar-refractivity contribution is 6.32. The molecule has 0 atom stereocenters. The van der Waals surface area contributed by atoms with Gasteiger partial charge in [-0.1, -0.05) is 35.9 Å². The van der Waals surface area contributed by atoms with E-state index in [1.54, 1.807) is 51.7 Å². The molecule has 0 radical (unpaired) electrons. The van der Waals surface area contributed by atoms with Crippen molar-refractivity contribution >= 4 is 34.1 Å². The molecule has 0 spiro atoms. The van der Waals surface area contributed by atoms with Crippen molar-refractivity contribution in [3.63, 3.8) is 0 Å². The van der Waals surface area contributed by atoms with Crippen LogP contribution in [-0.2, 0) is 4.74 Å². The van der Waals surface area contributed by atoms with Gasteiger partial charge in [0.2, 0.25) is 0 Å². The first kappa shape index (κ1) is 24.3. The third-order valence-electron chi connectivity index (χ3n) is 5.39. The van der Waals surface area contributed by atoms with Gasteiger partial charge in [0.25, 0.3) is 5.91 Å². The van der Waals surface area contributed by atoms with E-state index < -0.39 is 0 Å². The van der Waals surface area contributed by atoms with Gasteiger partial charge >= 0.3 is 0 Å². The molecule has 3 aromatic carbocycles. The molecule has 1 heterocycles.